The van der Waals surface area contributed by atoms with Gasteiger partial charge >= 0.3 is 0 Å². The highest BCUT2D eigenvalue weighted by molar-refractivity contribution is 6.04. The summed E-state index contributed by atoms with van der Waals surface area (Å²) in [6, 6.07) is 24.9. The first-order valence-electron chi connectivity index (χ1n) is 9.85. The van der Waals surface area contributed by atoms with Crippen LogP contribution in [0.3, 0.4) is 0 Å². The van der Waals surface area contributed by atoms with Gasteiger partial charge in [-0.2, -0.15) is 0 Å². The van der Waals surface area contributed by atoms with Crippen molar-refractivity contribution in [3.05, 3.63) is 89.5 Å². The Bertz CT molecular complexity index is 962. The monoisotopic (exact) mass is 370 g/mol. The van der Waals surface area contributed by atoms with E-state index in [1.165, 1.54) is 17.5 Å². The Labute approximate surface area is 167 Å². The Morgan fingerprint density at radius 2 is 1.61 bits per heavy atom. The fourth-order valence-corrected chi connectivity index (χ4v) is 3.90. The lowest BCUT2D eigenvalue weighted by atomic mass is 9.87. The lowest BCUT2D eigenvalue weighted by Crippen LogP contribution is -2.33. The van der Waals surface area contributed by atoms with Crippen LogP contribution in [0.15, 0.2) is 72.8 Å². The minimum Gasteiger partial charge on any atom is -0.322 e. The quantitative estimate of drug-likeness (QED) is 0.699. The molecule has 1 aliphatic carbocycles. The molecule has 4 rings (SSSR count). The van der Waals surface area contributed by atoms with E-state index in [-0.39, 0.29) is 5.91 Å². The molecule has 0 aliphatic heterocycles. The van der Waals surface area contributed by atoms with Crippen LogP contribution in [-0.2, 0) is 12.8 Å². The maximum atomic E-state index is 12.7. The topological polar surface area (TPSA) is 32.3 Å². The lowest BCUT2D eigenvalue weighted by Gasteiger charge is -2.30. The van der Waals surface area contributed by atoms with E-state index in [0.29, 0.717) is 11.6 Å². The molecule has 0 radical (unpaired) electrons. The smallest absolute Gasteiger partial charge is 0.255 e. The third kappa shape index (κ3) is 4.00. The van der Waals surface area contributed by atoms with Crippen molar-refractivity contribution >= 4 is 11.6 Å². The number of nitrogens with zero attached hydrogens (tertiary/aromatic N) is 1. The second-order valence-corrected chi connectivity index (χ2v) is 7.74. The average molecular weight is 370 g/mol. The number of hydrogen-bond acceptors (Lipinski definition) is 2. The van der Waals surface area contributed by atoms with Gasteiger partial charge in [0.2, 0.25) is 0 Å². The van der Waals surface area contributed by atoms with Crippen molar-refractivity contribution < 1.29 is 4.79 Å². The second-order valence-electron chi connectivity index (χ2n) is 7.74. The number of amides is 1. The normalized spacial score (nSPS) is 15.9. The van der Waals surface area contributed by atoms with Gasteiger partial charge in [0.25, 0.3) is 5.91 Å². The first kappa shape index (κ1) is 18.5. The van der Waals surface area contributed by atoms with Crippen molar-refractivity contribution in [2.75, 3.05) is 19.4 Å². The van der Waals surface area contributed by atoms with Gasteiger partial charge in [0.05, 0.1) is 0 Å². The van der Waals surface area contributed by atoms with Gasteiger partial charge in [0.1, 0.15) is 0 Å². The summed E-state index contributed by atoms with van der Waals surface area (Å²) >= 11 is 0. The third-order valence-electron chi connectivity index (χ3n) is 5.65. The van der Waals surface area contributed by atoms with Crippen LogP contribution in [0.1, 0.15) is 27.9 Å². The Kier molecular flexibility index (Phi) is 5.27. The summed E-state index contributed by atoms with van der Waals surface area (Å²) in [4.78, 5) is 15.0. The van der Waals surface area contributed by atoms with Crippen LogP contribution in [-0.4, -0.2) is 30.9 Å². The Morgan fingerprint density at radius 1 is 0.893 bits per heavy atom. The largest absolute Gasteiger partial charge is 0.322 e. The number of hydrogen-bond donors (Lipinski definition) is 1. The van der Waals surface area contributed by atoms with E-state index in [0.717, 1.165) is 29.7 Å². The van der Waals surface area contributed by atoms with E-state index in [1.807, 2.05) is 48.5 Å². The summed E-state index contributed by atoms with van der Waals surface area (Å²) in [7, 11) is 4.29. The molecule has 1 atom stereocenters. The first-order chi connectivity index (χ1) is 13.6. The molecular weight excluding hydrogens is 344 g/mol. The maximum absolute atomic E-state index is 12.7. The molecule has 142 valence electrons. The van der Waals surface area contributed by atoms with Crippen LogP contribution in [0.2, 0.25) is 0 Å². The molecule has 0 fully saturated rings. The molecule has 3 heteroatoms. The van der Waals surface area contributed by atoms with Crippen molar-refractivity contribution in [1.29, 1.82) is 0 Å². The van der Waals surface area contributed by atoms with Crippen LogP contribution in [0.4, 0.5) is 5.69 Å². The van der Waals surface area contributed by atoms with Crippen molar-refractivity contribution in [1.82, 2.24) is 4.90 Å². The number of carbonyl (C=O) groups is 1. The van der Waals surface area contributed by atoms with E-state index in [2.05, 4.69) is 48.6 Å². The van der Waals surface area contributed by atoms with Gasteiger partial charge < -0.3 is 10.2 Å². The van der Waals surface area contributed by atoms with Gasteiger partial charge in [0, 0.05) is 17.3 Å². The number of rotatable bonds is 4. The van der Waals surface area contributed by atoms with E-state index < -0.39 is 0 Å². The molecule has 1 aliphatic rings. The number of fused-ring (bicyclic) bond motifs is 1. The molecule has 1 N–H and O–H groups in total. The summed E-state index contributed by atoms with van der Waals surface area (Å²) < 4.78 is 0. The molecule has 1 amide bonds. The Hall–Kier alpha value is -2.91. The molecular formula is C25H26N2O. The summed E-state index contributed by atoms with van der Waals surface area (Å²) in [6.07, 6.45) is 3.31. The third-order valence-corrected chi connectivity index (χ3v) is 5.65. The molecule has 0 bridgehead atoms. The van der Waals surface area contributed by atoms with E-state index in [9.17, 15) is 4.79 Å². The van der Waals surface area contributed by atoms with Crippen LogP contribution >= 0.6 is 0 Å². The fourth-order valence-electron chi connectivity index (χ4n) is 3.90. The molecule has 3 nitrogen and oxygen atoms in total. The van der Waals surface area contributed by atoms with Crippen LogP contribution < -0.4 is 5.32 Å². The molecule has 3 aromatic rings. The average Bonchev–Trinajstić information content (AvgIpc) is 2.74. The predicted octanol–water partition coefficient (Wildman–Crippen LogP) is 5.02. The highest BCUT2D eigenvalue weighted by Crippen LogP contribution is 2.27. The molecule has 3 aromatic carbocycles. The van der Waals surface area contributed by atoms with Gasteiger partial charge in [-0.05, 0) is 79.9 Å². The minimum absolute atomic E-state index is 0.0680. The second kappa shape index (κ2) is 7.99. The highest BCUT2D eigenvalue weighted by Gasteiger charge is 2.20. The van der Waals surface area contributed by atoms with Gasteiger partial charge in [-0.1, -0.05) is 48.5 Å². The zero-order valence-corrected chi connectivity index (χ0v) is 16.5. The SMILES string of the molecule is CN(C)C1CCc2cc(NC(=O)c3ccc(-c4ccccc4)cc3)ccc2C1. The summed E-state index contributed by atoms with van der Waals surface area (Å²) in [6.45, 7) is 0. The van der Waals surface area contributed by atoms with Crippen LogP contribution in [0, 0.1) is 0 Å². The van der Waals surface area contributed by atoms with E-state index in [4.69, 9.17) is 0 Å². The van der Waals surface area contributed by atoms with E-state index in [1.54, 1.807) is 0 Å². The number of likely N-dealkylation sites (N-methyl/N-ethyl adjacent to an activating group) is 1. The van der Waals surface area contributed by atoms with Crippen LogP contribution in [0.25, 0.3) is 11.1 Å². The Balaban J connectivity index is 1.45. The molecule has 0 saturated carbocycles. The van der Waals surface area contributed by atoms with Crippen LogP contribution in [0.5, 0.6) is 0 Å². The first-order valence-corrected chi connectivity index (χ1v) is 9.85. The molecule has 28 heavy (non-hydrogen) atoms. The van der Waals surface area contributed by atoms with Crippen molar-refractivity contribution in [3.63, 3.8) is 0 Å². The predicted molar refractivity (Wildman–Crippen MR) is 116 cm³/mol. The molecule has 1 unspecified atom stereocenters. The number of carbonyl (C=O) groups excluding carboxylic acids is 1. The van der Waals surface area contributed by atoms with E-state index >= 15 is 0 Å². The van der Waals surface area contributed by atoms with Crippen molar-refractivity contribution in [2.45, 2.75) is 25.3 Å². The van der Waals surface area contributed by atoms with Gasteiger partial charge in [-0.25, -0.2) is 0 Å². The number of nitrogens with one attached hydrogen (secondary N) is 1. The molecule has 0 heterocycles. The number of benzene rings is 3. The number of anilines is 1. The summed E-state index contributed by atoms with van der Waals surface area (Å²) in [5, 5.41) is 3.05. The lowest BCUT2D eigenvalue weighted by molar-refractivity contribution is 0.102. The molecule has 0 saturated heterocycles. The number of aryl methyl sites for hydroxylation is 1. The zero-order chi connectivity index (χ0) is 19.5. The Morgan fingerprint density at radius 3 is 2.32 bits per heavy atom. The fraction of sp³-hybridized carbons (Fsp3) is 0.240. The van der Waals surface area contributed by atoms with Crippen molar-refractivity contribution in [2.24, 2.45) is 0 Å². The molecule has 0 spiro atoms. The highest BCUT2D eigenvalue weighted by atomic mass is 16.1. The molecule has 0 aromatic heterocycles. The summed E-state index contributed by atoms with van der Waals surface area (Å²) in [5.41, 5.74) is 6.57. The standard InChI is InChI=1S/C25H26N2O/c1-27(2)24-15-13-21-16-23(14-12-22(21)17-24)26-25(28)20-10-8-19(9-11-20)18-6-4-3-5-7-18/h3-12,14,16,24H,13,15,17H2,1-2H3,(H,26,28). The van der Waals surface area contributed by atoms with Gasteiger partial charge in [-0.15, -0.1) is 0 Å². The zero-order valence-electron chi connectivity index (χ0n) is 16.5. The maximum Gasteiger partial charge on any atom is 0.255 e. The summed E-state index contributed by atoms with van der Waals surface area (Å²) in [5.74, 6) is -0.0680. The van der Waals surface area contributed by atoms with Gasteiger partial charge in [0.15, 0.2) is 0 Å². The minimum atomic E-state index is -0.0680. The van der Waals surface area contributed by atoms with Crippen molar-refractivity contribution in [3.8, 4) is 11.1 Å². The van der Waals surface area contributed by atoms with Gasteiger partial charge in [-0.3, -0.25) is 4.79 Å².